The van der Waals surface area contributed by atoms with Crippen molar-refractivity contribution < 1.29 is 4.74 Å². The Balaban J connectivity index is 1.69. The first kappa shape index (κ1) is 13.3. The lowest BCUT2D eigenvalue weighted by molar-refractivity contribution is 0.315. The van der Waals surface area contributed by atoms with Gasteiger partial charge in [0.05, 0.1) is 6.61 Å². The molecule has 1 heterocycles. The average Bonchev–Trinajstić information content (AvgIpc) is 2.38. The highest BCUT2D eigenvalue weighted by molar-refractivity contribution is 5.27. The van der Waals surface area contributed by atoms with Crippen LogP contribution in [0.25, 0.3) is 0 Å². The van der Waals surface area contributed by atoms with Gasteiger partial charge in [0.15, 0.2) is 0 Å². The van der Waals surface area contributed by atoms with Gasteiger partial charge in [0.25, 0.3) is 0 Å². The van der Waals surface area contributed by atoms with Crippen LogP contribution in [0.4, 0.5) is 5.95 Å². The lowest BCUT2D eigenvalue weighted by atomic mass is 10.3. The lowest BCUT2D eigenvalue weighted by Crippen LogP contribution is -2.10. The molecule has 2 aromatic rings. The second-order valence-electron chi connectivity index (χ2n) is 4.42. The molecule has 4 heteroatoms. The highest BCUT2D eigenvalue weighted by atomic mass is 16.5. The molecule has 100 valence electrons. The van der Waals surface area contributed by atoms with Gasteiger partial charge in [0.1, 0.15) is 5.75 Å². The first-order valence-corrected chi connectivity index (χ1v) is 6.48. The Labute approximate surface area is 113 Å². The van der Waals surface area contributed by atoms with E-state index >= 15 is 0 Å². The molecule has 0 aliphatic rings. The molecule has 0 fully saturated rings. The van der Waals surface area contributed by atoms with Crippen LogP contribution in [-0.2, 0) is 0 Å². The fourth-order valence-corrected chi connectivity index (χ4v) is 1.78. The van der Waals surface area contributed by atoms with Crippen LogP contribution in [0.3, 0.4) is 0 Å². The van der Waals surface area contributed by atoms with E-state index in [0.717, 1.165) is 30.1 Å². The summed E-state index contributed by atoms with van der Waals surface area (Å²) < 4.78 is 5.61. The van der Waals surface area contributed by atoms with Gasteiger partial charge in [-0.3, -0.25) is 0 Å². The molecule has 1 aromatic heterocycles. The van der Waals surface area contributed by atoms with E-state index in [9.17, 15) is 0 Å². The zero-order chi connectivity index (χ0) is 13.5. The number of nitrogens with one attached hydrogen (secondary N) is 1. The minimum Gasteiger partial charge on any atom is -0.494 e. The van der Waals surface area contributed by atoms with E-state index in [0.29, 0.717) is 12.6 Å². The molecule has 0 aliphatic heterocycles. The van der Waals surface area contributed by atoms with E-state index in [1.165, 1.54) is 0 Å². The smallest absolute Gasteiger partial charge is 0.223 e. The first-order valence-electron chi connectivity index (χ1n) is 6.48. The molecule has 0 radical (unpaired) electrons. The van der Waals surface area contributed by atoms with Crippen LogP contribution in [0.15, 0.2) is 36.4 Å². The standard InChI is InChI=1S/C15H19N3O/c1-12-11-13(2)18-15(17-12)16-9-6-10-19-14-7-4-3-5-8-14/h3-5,7-8,11H,6,9-10H2,1-2H3,(H,16,17,18). The molecular weight excluding hydrogens is 238 g/mol. The fourth-order valence-electron chi connectivity index (χ4n) is 1.78. The molecule has 1 aromatic carbocycles. The first-order chi connectivity index (χ1) is 9.24. The maximum atomic E-state index is 5.61. The summed E-state index contributed by atoms with van der Waals surface area (Å²) in [5.41, 5.74) is 1.96. The van der Waals surface area contributed by atoms with Crippen molar-refractivity contribution >= 4 is 5.95 Å². The van der Waals surface area contributed by atoms with Crippen LogP contribution in [0.5, 0.6) is 5.75 Å². The van der Waals surface area contributed by atoms with Gasteiger partial charge in [-0.1, -0.05) is 18.2 Å². The maximum absolute atomic E-state index is 5.61. The van der Waals surface area contributed by atoms with Crippen LogP contribution >= 0.6 is 0 Å². The number of aromatic nitrogens is 2. The number of nitrogens with zero attached hydrogens (tertiary/aromatic N) is 2. The van der Waals surface area contributed by atoms with Gasteiger partial charge < -0.3 is 10.1 Å². The summed E-state index contributed by atoms with van der Waals surface area (Å²) in [6.07, 6.45) is 0.908. The van der Waals surface area contributed by atoms with Crippen molar-refractivity contribution in [3.8, 4) is 5.75 Å². The number of hydrogen-bond acceptors (Lipinski definition) is 4. The van der Waals surface area contributed by atoms with E-state index in [2.05, 4.69) is 15.3 Å². The maximum Gasteiger partial charge on any atom is 0.223 e. The number of rotatable bonds is 6. The van der Waals surface area contributed by atoms with Gasteiger partial charge in [-0.2, -0.15) is 0 Å². The van der Waals surface area contributed by atoms with Crippen molar-refractivity contribution in [3.63, 3.8) is 0 Å². The predicted molar refractivity (Wildman–Crippen MR) is 76.5 cm³/mol. The number of hydrogen-bond donors (Lipinski definition) is 1. The van der Waals surface area contributed by atoms with Gasteiger partial charge in [0, 0.05) is 17.9 Å². The quantitative estimate of drug-likeness (QED) is 0.808. The molecule has 4 nitrogen and oxygen atoms in total. The van der Waals surface area contributed by atoms with Gasteiger partial charge in [-0.15, -0.1) is 0 Å². The zero-order valence-corrected chi connectivity index (χ0v) is 11.4. The topological polar surface area (TPSA) is 47.0 Å². The molecule has 0 atom stereocenters. The molecule has 19 heavy (non-hydrogen) atoms. The second kappa shape index (κ2) is 6.73. The molecule has 1 N–H and O–H groups in total. The van der Waals surface area contributed by atoms with Crippen LogP contribution < -0.4 is 10.1 Å². The molecular formula is C15H19N3O. The Bertz CT molecular complexity index is 494. The Morgan fingerprint density at radius 3 is 2.42 bits per heavy atom. The zero-order valence-electron chi connectivity index (χ0n) is 11.4. The number of benzene rings is 1. The van der Waals surface area contributed by atoms with Crippen LogP contribution in [0, 0.1) is 13.8 Å². The molecule has 2 rings (SSSR count). The van der Waals surface area contributed by atoms with Crippen molar-refractivity contribution in [2.45, 2.75) is 20.3 Å². The minimum absolute atomic E-state index is 0.682. The normalized spacial score (nSPS) is 10.2. The highest BCUT2D eigenvalue weighted by Gasteiger charge is 1.98. The van der Waals surface area contributed by atoms with E-state index in [-0.39, 0.29) is 0 Å². The molecule has 0 bridgehead atoms. The number of anilines is 1. The largest absolute Gasteiger partial charge is 0.494 e. The summed E-state index contributed by atoms with van der Waals surface area (Å²) >= 11 is 0. The van der Waals surface area contributed by atoms with Crippen molar-refractivity contribution in [2.75, 3.05) is 18.5 Å². The summed E-state index contributed by atoms with van der Waals surface area (Å²) in [7, 11) is 0. The van der Waals surface area contributed by atoms with Crippen LogP contribution in [-0.4, -0.2) is 23.1 Å². The Hall–Kier alpha value is -2.10. The Kier molecular flexibility index (Phi) is 4.72. The van der Waals surface area contributed by atoms with E-state index in [1.54, 1.807) is 0 Å². The van der Waals surface area contributed by atoms with Crippen LogP contribution in [0.1, 0.15) is 17.8 Å². The molecule has 0 saturated carbocycles. The van der Waals surface area contributed by atoms with Crippen molar-refractivity contribution in [2.24, 2.45) is 0 Å². The molecule has 0 unspecified atom stereocenters. The van der Waals surface area contributed by atoms with Gasteiger partial charge in [-0.05, 0) is 38.5 Å². The van der Waals surface area contributed by atoms with Gasteiger partial charge in [-0.25, -0.2) is 9.97 Å². The number of para-hydroxylation sites is 1. The fraction of sp³-hybridized carbons (Fsp3) is 0.333. The summed E-state index contributed by atoms with van der Waals surface area (Å²) in [6, 6.07) is 11.8. The average molecular weight is 257 g/mol. The minimum atomic E-state index is 0.682. The van der Waals surface area contributed by atoms with E-state index in [4.69, 9.17) is 4.74 Å². The Morgan fingerprint density at radius 2 is 1.74 bits per heavy atom. The van der Waals surface area contributed by atoms with E-state index in [1.807, 2.05) is 50.2 Å². The third kappa shape index (κ3) is 4.58. The van der Waals surface area contributed by atoms with Crippen molar-refractivity contribution in [1.82, 2.24) is 9.97 Å². The van der Waals surface area contributed by atoms with Crippen molar-refractivity contribution in [1.29, 1.82) is 0 Å². The number of ether oxygens (including phenoxy) is 1. The predicted octanol–water partition coefficient (Wildman–Crippen LogP) is 2.97. The second-order valence-corrected chi connectivity index (χ2v) is 4.42. The molecule has 0 spiro atoms. The number of aryl methyl sites for hydroxylation is 2. The van der Waals surface area contributed by atoms with Gasteiger partial charge >= 0.3 is 0 Å². The monoisotopic (exact) mass is 257 g/mol. The third-order valence-electron chi connectivity index (χ3n) is 2.60. The highest BCUT2D eigenvalue weighted by Crippen LogP contribution is 2.08. The van der Waals surface area contributed by atoms with Crippen LogP contribution in [0.2, 0.25) is 0 Å². The summed E-state index contributed by atoms with van der Waals surface area (Å²) in [4.78, 5) is 8.65. The van der Waals surface area contributed by atoms with Gasteiger partial charge in [0.2, 0.25) is 5.95 Å². The lowest BCUT2D eigenvalue weighted by Gasteiger charge is -2.08. The molecule has 0 amide bonds. The summed E-state index contributed by atoms with van der Waals surface area (Å²) in [5.74, 6) is 1.60. The third-order valence-corrected chi connectivity index (χ3v) is 2.60. The summed E-state index contributed by atoms with van der Waals surface area (Å²) in [6.45, 7) is 5.42. The Morgan fingerprint density at radius 1 is 1.05 bits per heavy atom. The van der Waals surface area contributed by atoms with E-state index < -0.39 is 0 Å². The summed E-state index contributed by atoms with van der Waals surface area (Å²) in [5, 5.41) is 3.21. The molecule has 0 saturated heterocycles. The SMILES string of the molecule is Cc1cc(C)nc(NCCCOc2ccccc2)n1. The van der Waals surface area contributed by atoms with Crippen molar-refractivity contribution in [3.05, 3.63) is 47.8 Å². The molecule has 0 aliphatic carbocycles.